The van der Waals surface area contributed by atoms with E-state index in [1.54, 1.807) is 12.2 Å². The average molecular weight is 330 g/mol. The van der Waals surface area contributed by atoms with Gasteiger partial charge in [0.05, 0.1) is 10.0 Å². The fourth-order valence-electron chi connectivity index (χ4n) is 1.20. The van der Waals surface area contributed by atoms with Crippen molar-refractivity contribution in [2.24, 2.45) is 5.73 Å². The summed E-state index contributed by atoms with van der Waals surface area (Å²) in [6, 6.07) is 2.64. The zero-order valence-electron chi connectivity index (χ0n) is 9.16. The summed E-state index contributed by atoms with van der Waals surface area (Å²) in [6.45, 7) is 0.443. The molecule has 8 heteroatoms. The van der Waals surface area contributed by atoms with E-state index in [2.05, 4.69) is 4.72 Å². The molecule has 0 aliphatic heterocycles. The molecule has 0 atom stereocenters. The van der Waals surface area contributed by atoms with Crippen LogP contribution in [0, 0.1) is 0 Å². The standard InChI is InChI=1S/C10H11Cl3N2O2S/c11-7-5-8(12)10(9(13)6-7)18(16,17)15-4-2-1-3-14/h1-2,5-6,15H,3-4,14H2/b2-1+. The fraction of sp³-hybridized carbons (Fsp3) is 0.200. The first-order valence-electron chi connectivity index (χ1n) is 4.87. The second-order valence-electron chi connectivity index (χ2n) is 3.26. The third-order valence-corrected chi connectivity index (χ3v) is 4.49. The van der Waals surface area contributed by atoms with E-state index in [1.807, 2.05) is 0 Å². The maximum Gasteiger partial charge on any atom is 0.243 e. The number of sulfonamides is 1. The molecule has 0 aromatic heterocycles. The maximum atomic E-state index is 12.0. The summed E-state index contributed by atoms with van der Waals surface area (Å²) < 4.78 is 26.2. The van der Waals surface area contributed by atoms with Crippen molar-refractivity contribution in [2.45, 2.75) is 4.90 Å². The first-order chi connectivity index (χ1) is 8.38. The zero-order valence-corrected chi connectivity index (χ0v) is 12.2. The van der Waals surface area contributed by atoms with Crippen LogP contribution in [0.1, 0.15) is 0 Å². The Hall–Kier alpha value is -0.300. The van der Waals surface area contributed by atoms with Crippen LogP contribution < -0.4 is 10.5 Å². The van der Waals surface area contributed by atoms with Crippen molar-refractivity contribution < 1.29 is 8.42 Å². The van der Waals surface area contributed by atoms with Gasteiger partial charge in [0.25, 0.3) is 0 Å². The van der Waals surface area contributed by atoms with Crippen LogP contribution in [0.2, 0.25) is 15.1 Å². The van der Waals surface area contributed by atoms with Crippen LogP contribution in [-0.2, 0) is 10.0 Å². The number of nitrogens with one attached hydrogen (secondary N) is 1. The molecule has 0 bridgehead atoms. The normalized spacial score (nSPS) is 12.2. The maximum absolute atomic E-state index is 12.0. The SMILES string of the molecule is NC/C=C/CNS(=O)(=O)c1c(Cl)cc(Cl)cc1Cl. The first-order valence-corrected chi connectivity index (χ1v) is 7.49. The largest absolute Gasteiger partial charge is 0.327 e. The highest BCUT2D eigenvalue weighted by Crippen LogP contribution is 2.32. The van der Waals surface area contributed by atoms with E-state index in [1.165, 1.54) is 12.1 Å². The van der Waals surface area contributed by atoms with Crippen LogP contribution in [0.4, 0.5) is 0 Å². The zero-order chi connectivity index (χ0) is 13.8. The molecule has 0 saturated heterocycles. The molecular weight excluding hydrogens is 319 g/mol. The summed E-state index contributed by atoms with van der Waals surface area (Å²) in [7, 11) is -3.78. The van der Waals surface area contributed by atoms with E-state index in [0.717, 1.165) is 0 Å². The van der Waals surface area contributed by atoms with Crippen molar-refractivity contribution in [1.82, 2.24) is 4.72 Å². The fourth-order valence-corrected chi connectivity index (χ4v) is 3.71. The molecule has 0 amide bonds. The van der Waals surface area contributed by atoms with Crippen molar-refractivity contribution >= 4 is 44.8 Å². The molecule has 0 aliphatic carbocycles. The molecule has 0 fully saturated rings. The smallest absolute Gasteiger partial charge is 0.243 e. The molecule has 0 heterocycles. The Balaban J connectivity index is 3.02. The summed E-state index contributed by atoms with van der Waals surface area (Å²) in [4.78, 5) is -0.184. The third-order valence-electron chi connectivity index (χ3n) is 1.93. The Morgan fingerprint density at radius 3 is 2.22 bits per heavy atom. The number of rotatable bonds is 5. The highest BCUT2D eigenvalue weighted by molar-refractivity contribution is 7.89. The van der Waals surface area contributed by atoms with Crippen molar-refractivity contribution in [1.29, 1.82) is 0 Å². The molecular formula is C10H11Cl3N2O2S. The van der Waals surface area contributed by atoms with Crippen LogP contribution in [0.5, 0.6) is 0 Å². The van der Waals surface area contributed by atoms with Gasteiger partial charge in [-0.3, -0.25) is 0 Å². The van der Waals surface area contributed by atoms with Crippen LogP contribution >= 0.6 is 34.8 Å². The molecule has 1 aromatic carbocycles. The monoisotopic (exact) mass is 328 g/mol. The summed E-state index contributed by atoms with van der Waals surface area (Å²) in [5, 5.41) is 0.220. The van der Waals surface area contributed by atoms with E-state index in [0.29, 0.717) is 6.54 Å². The Bertz CT molecular complexity index is 535. The topological polar surface area (TPSA) is 72.2 Å². The van der Waals surface area contributed by atoms with Gasteiger partial charge in [0.1, 0.15) is 4.90 Å². The van der Waals surface area contributed by atoms with E-state index < -0.39 is 10.0 Å². The molecule has 0 saturated carbocycles. The number of hydrogen-bond acceptors (Lipinski definition) is 3. The average Bonchev–Trinajstić information content (AvgIpc) is 2.22. The van der Waals surface area contributed by atoms with Gasteiger partial charge in [-0.15, -0.1) is 0 Å². The lowest BCUT2D eigenvalue weighted by Crippen LogP contribution is -2.24. The summed E-state index contributed by atoms with van der Waals surface area (Å²) >= 11 is 17.4. The first kappa shape index (κ1) is 15.8. The van der Waals surface area contributed by atoms with Crippen molar-refractivity contribution in [3.8, 4) is 0 Å². The lowest BCUT2D eigenvalue weighted by Gasteiger charge is -2.09. The molecule has 1 rings (SSSR count). The van der Waals surface area contributed by atoms with Gasteiger partial charge < -0.3 is 5.73 Å². The van der Waals surface area contributed by atoms with Crippen LogP contribution in [0.15, 0.2) is 29.2 Å². The van der Waals surface area contributed by atoms with Gasteiger partial charge in [0.2, 0.25) is 10.0 Å². The quantitative estimate of drug-likeness (QED) is 0.815. The minimum atomic E-state index is -3.78. The Morgan fingerprint density at radius 1 is 1.17 bits per heavy atom. The van der Waals surface area contributed by atoms with Gasteiger partial charge in [-0.05, 0) is 12.1 Å². The molecule has 3 N–H and O–H groups in total. The number of benzene rings is 1. The van der Waals surface area contributed by atoms with Gasteiger partial charge in [-0.2, -0.15) is 0 Å². The molecule has 0 unspecified atom stereocenters. The lowest BCUT2D eigenvalue weighted by atomic mass is 10.4. The molecule has 0 radical (unpaired) electrons. The van der Waals surface area contributed by atoms with Crippen LogP contribution in [0.3, 0.4) is 0 Å². The van der Waals surface area contributed by atoms with Crippen LogP contribution in [-0.4, -0.2) is 21.5 Å². The van der Waals surface area contributed by atoms with Gasteiger partial charge in [0, 0.05) is 18.1 Å². The predicted octanol–water partition coefficient (Wildman–Crippen LogP) is 2.44. The summed E-state index contributed by atoms with van der Waals surface area (Å²) in [5.74, 6) is 0. The van der Waals surface area contributed by atoms with Crippen molar-refractivity contribution in [3.05, 3.63) is 39.4 Å². The van der Waals surface area contributed by atoms with Gasteiger partial charge >= 0.3 is 0 Å². The van der Waals surface area contributed by atoms with Crippen molar-refractivity contribution in [3.63, 3.8) is 0 Å². The highest BCUT2D eigenvalue weighted by atomic mass is 35.5. The van der Waals surface area contributed by atoms with Gasteiger partial charge in [-0.1, -0.05) is 47.0 Å². The second kappa shape index (κ2) is 6.75. The molecule has 1 aromatic rings. The second-order valence-corrected chi connectivity index (χ2v) is 6.21. The van der Waals surface area contributed by atoms with Crippen molar-refractivity contribution in [2.75, 3.05) is 13.1 Å². The molecule has 4 nitrogen and oxygen atoms in total. The van der Waals surface area contributed by atoms with Gasteiger partial charge in [0.15, 0.2) is 0 Å². The van der Waals surface area contributed by atoms with E-state index in [9.17, 15) is 8.42 Å². The van der Waals surface area contributed by atoms with Gasteiger partial charge in [-0.25, -0.2) is 13.1 Å². The molecule has 0 spiro atoms. The summed E-state index contributed by atoms with van der Waals surface area (Å²) in [5.41, 5.74) is 5.23. The molecule has 18 heavy (non-hydrogen) atoms. The third kappa shape index (κ3) is 4.12. The van der Waals surface area contributed by atoms with Crippen LogP contribution in [0.25, 0.3) is 0 Å². The molecule has 0 aliphatic rings. The number of hydrogen-bond donors (Lipinski definition) is 2. The van der Waals surface area contributed by atoms with E-state index in [4.69, 9.17) is 40.5 Å². The molecule has 100 valence electrons. The summed E-state index contributed by atoms with van der Waals surface area (Å²) in [6.07, 6.45) is 3.23. The van der Waals surface area contributed by atoms with E-state index in [-0.39, 0.29) is 26.5 Å². The minimum absolute atomic E-state index is 0.0252. The highest BCUT2D eigenvalue weighted by Gasteiger charge is 2.21. The Morgan fingerprint density at radius 2 is 1.72 bits per heavy atom. The number of halogens is 3. The Labute approximate surface area is 121 Å². The Kier molecular flexibility index (Phi) is 5.91. The van der Waals surface area contributed by atoms with E-state index >= 15 is 0 Å². The predicted molar refractivity (Wildman–Crippen MR) is 74.9 cm³/mol. The minimum Gasteiger partial charge on any atom is -0.327 e. The number of nitrogens with two attached hydrogens (primary N) is 1. The lowest BCUT2D eigenvalue weighted by molar-refractivity contribution is 0.585.